The van der Waals surface area contributed by atoms with Gasteiger partial charge in [-0.3, -0.25) is 4.79 Å². The Morgan fingerprint density at radius 1 is 1.41 bits per heavy atom. The van der Waals surface area contributed by atoms with Gasteiger partial charge in [0.1, 0.15) is 0 Å². The molecule has 1 fully saturated rings. The van der Waals surface area contributed by atoms with Crippen molar-refractivity contribution in [2.75, 3.05) is 33.4 Å². The summed E-state index contributed by atoms with van der Waals surface area (Å²) >= 11 is 0. The summed E-state index contributed by atoms with van der Waals surface area (Å²) < 4.78 is 5.26. The van der Waals surface area contributed by atoms with Crippen LogP contribution in [0, 0.1) is 11.3 Å². The minimum absolute atomic E-state index is 0. The molecule has 17 heavy (non-hydrogen) atoms. The largest absolute Gasteiger partial charge is 0.381 e. The second kappa shape index (κ2) is 7.19. The van der Waals surface area contributed by atoms with Crippen molar-refractivity contribution in [2.24, 2.45) is 17.1 Å². The van der Waals surface area contributed by atoms with Gasteiger partial charge in [0.25, 0.3) is 0 Å². The summed E-state index contributed by atoms with van der Waals surface area (Å²) in [5.74, 6) is 0.386. The highest BCUT2D eigenvalue weighted by Crippen LogP contribution is 2.20. The van der Waals surface area contributed by atoms with Gasteiger partial charge in [-0.2, -0.15) is 0 Å². The smallest absolute Gasteiger partial charge is 0.225 e. The third-order valence-electron chi connectivity index (χ3n) is 3.16. The van der Waals surface area contributed by atoms with Crippen LogP contribution in [0.3, 0.4) is 0 Å². The molecule has 0 aromatic rings. The summed E-state index contributed by atoms with van der Waals surface area (Å²) in [6, 6.07) is 0. The molecule has 2 N–H and O–H groups in total. The fraction of sp³-hybridized carbons (Fsp3) is 0.917. The number of carbonyl (C=O) groups excluding carboxylic acids is 1. The van der Waals surface area contributed by atoms with Crippen molar-refractivity contribution >= 4 is 18.3 Å². The molecule has 5 heteroatoms. The van der Waals surface area contributed by atoms with E-state index in [2.05, 4.69) is 13.8 Å². The predicted octanol–water partition coefficient (Wildman–Crippen LogP) is 1.28. The van der Waals surface area contributed by atoms with Crippen molar-refractivity contribution in [1.82, 2.24) is 4.90 Å². The summed E-state index contributed by atoms with van der Waals surface area (Å²) in [7, 11) is 1.87. The average Bonchev–Trinajstić information content (AvgIpc) is 2.28. The number of hydrogen-bond donors (Lipinski definition) is 1. The molecule has 0 radical (unpaired) electrons. The van der Waals surface area contributed by atoms with Crippen molar-refractivity contribution in [3.63, 3.8) is 0 Å². The van der Waals surface area contributed by atoms with Gasteiger partial charge < -0.3 is 15.4 Å². The highest BCUT2D eigenvalue weighted by molar-refractivity contribution is 5.85. The molecule has 1 aliphatic rings. The second-order valence-corrected chi connectivity index (χ2v) is 5.45. The van der Waals surface area contributed by atoms with Gasteiger partial charge >= 0.3 is 0 Å². The molecule has 102 valence electrons. The minimum Gasteiger partial charge on any atom is -0.381 e. The lowest BCUT2D eigenvalue weighted by atomic mass is 9.92. The van der Waals surface area contributed by atoms with Gasteiger partial charge in [-0.25, -0.2) is 0 Å². The molecule has 1 amide bonds. The molecular formula is C12H25ClN2O2. The highest BCUT2D eigenvalue weighted by atomic mass is 35.5. The topological polar surface area (TPSA) is 55.6 Å². The van der Waals surface area contributed by atoms with Crippen LogP contribution in [0.15, 0.2) is 0 Å². The Morgan fingerprint density at radius 2 is 1.94 bits per heavy atom. The van der Waals surface area contributed by atoms with Crippen molar-refractivity contribution in [3.8, 4) is 0 Å². The third-order valence-corrected chi connectivity index (χ3v) is 3.16. The van der Waals surface area contributed by atoms with Crippen molar-refractivity contribution in [2.45, 2.75) is 26.7 Å². The number of rotatable bonds is 4. The van der Waals surface area contributed by atoms with Gasteiger partial charge in [-0.15, -0.1) is 12.4 Å². The van der Waals surface area contributed by atoms with Gasteiger partial charge in [-0.05, 0) is 24.8 Å². The third kappa shape index (κ3) is 5.23. The van der Waals surface area contributed by atoms with Crippen LogP contribution >= 0.6 is 12.4 Å². The molecule has 1 aliphatic heterocycles. The lowest BCUT2D eigenvalue weighted by molar-refractivity contribution is -0.138. The van der Waals surface area contributed by atoms with Gasteiger partial charge in [0.2, 0.25) is 5.91 Å². The zero-order chi connectivity index (χ0) is 12.2. The summed E-state index contributed by atoms with van der Waals surface area (Å²) in [4.78, 5) is 13.9. The lowest BCUT2D eigenvalue weighted by Crippen LogP contribution is -2.43. The normalized spacial score (nSPS) is 17.4. The number of hydrogen-bond acceptors (Lipinski definition) is 3. The molecule has 0 spiro atoms. The Kier molecular flexibility index (Phi) is 7.05. The number of carbonyl (C=O) groups is 1. The zero-order valence-corrected chi connectivity index (χ0v) is 11.9. The van der Waals surface area contributed by atoms with Gasteiger partial charge in [0, 0.05) is 32.7 Å². The van der Waals surface area contributed by atoms with Crippen LogP contribution in [0.5, 0.6) is 0 Å². The molecule has 1 heterocycles. The van der Waals surface area contributed by atoms with E-state index >= 15 is 0 Å². The first-order valence-corrected chi connectivity index (χ1v) is 5.99. The Labute approximate surface area is 110 Å². The van der Waals surface area contributed by atoms with Crippen molar-refractivity contribution in [3.05, 3.63) is 0 Å². The maximum atomic E-state index is 12.1. The van der Waals surface area contributed by atoms with Crippen LogP contribution in [0.2, 0.25) is 0 Å². The molecule has 0 aliphatic carbocycles. The summed E-state index contributed by atoms with van der Waals surface area (Å²) in [5, 5.41) is 0. The molecule has 0 aromatic heterocycles. The summed E-state index contributed by atoms with van der Waals surface area (Å²) in [6.07, 6.45) is 1.71. The first-order chi connectivity index (χ1) is 7.46. The van der Waals surface area contributed by atoms with E-state index in [9.17, 15) is 4.79 Å². The first-order valence-electron chi connectivity index (χ1n) is 5.99. The standard InChI is InChI=1S/C12H24N2O2.ClH/c1-12(2,8-13)9-14(3)11(15)10-4-6-16-7-5-10;/h10H,4-9,13H2,1-3H3;1H. The number of amides is 1. The van der Waals surface area contributed by atoms with E-state index in [1.165, 1.54) is 0 Å². The van der Waals surface area contributed by atoms with Crippen LogP contribution in [0.1, 0.15) is 26.7 Å². The molecule has 1 saturated heterocycles. The fourth-order valence-electron chi connectivity index (χ4n) is 2.04. The van der Waals surface area contributed by atoms with Crippen molar-refractivity contribution < 1.29 is 9.53 Å². The Balaban J connectivity index is 0.00000256. The van der Waals surface area contributed by atoms with E-state index in [1.807, 2.05) is 11.9 Å². The van der Waals surface area contributed by atoms with Crippen LogP contribution in [0.25, 0.3) is 0 Å². The number of halogens is 1. The highest BCUT2D eigenvalue weighted by Gasteiger charge is 2.27. The summed E-state index contributed by atoms with van der Waals surface area (Å²) in [5.41, 5.74) is 5.67. The van der Waals surface area contributed by atoms with Crippen LogP contribution in [0.4, 0.5) is 0 Å². The fourth-order valence-corrected chi connectivity index (χ4v) is 2.04. The van der Waals surface area contributed by atoms with Gasteiger partial charge in [0.05, 0.1) is 0 Å². The monoisotopic (exact) mass is 264 g/mol. The van der Waals surface area contributed by atoms with E-state index < -0.39 is 0 Å². The molecule has 0 atom stereocenters. The number of nitrogens with zero attached hydrogens (tertiary/aromatic N) is 1. The Bertz CT molecular complexity index is 241. The SMILES string of the molecule is CN(CC(C)(C)CN)C(=O)C1CCOCC1.Cl. The van der Waals surface area contributed by atoms with E-state index in [-0.39, 0.29) is 29.6 Å². The minimum atomic E-state index is -0.00439. The van der Waals surface area contributed by atoms with E-state index in [4.69, 9.17) is 10.5 Å². The quantitative estimate of drug-likeness (QED) is 0.832. The van der Waals surface area contributed by atoms with E-state index in [0.717, 1.165) is 19.4 Å². The second-order valence-electron chi connectivity index (χ2n) is 5.45. The van der Waals surface area contributed by atoms with E-state index in [0.29, 0.717) is 19.8 Å². The Hall–Kier alpha value is -0.320. The molecule has 0 aromatic carbocycles. The van der Waals surface area contributed by atoms with Crippen LogP contribution < -0.4 is 5.73 Å². The first kappa shape index (κ1) is 16.7. The predicted molar refractivity (Wildman–Crippen MR) is 71.3 cm³/mol. The molecule has 0 saturated carbocycles. The molecule has 4 nitrogen and oxygen atoms in total. The molecule has 1 rings (SSSR count). The number of ether oxygens (including phenoxy) is 1. The molecular weight excluding hydrogens is 240 g/mol. The molecule has 0 bridgehead atoms. The summed E-state index contributed by atoms with van der Waals surface area (Å²) in [6.45, 7) is 6.91. The van der Waals surface area contributed by atoms with Crippen LogP contribution in [-0.2, 0) is 9.53 Å². The maximum absolute atomic E-state index is 12.1. The van der Waals surface area contributed by atoms with Gasteiger partial charge in [0.15, 0.2) is 0 Å². The van der Waals surface area contributed by atoms with E-state index in [1.54, 1.807) is 0 Å². The Morgan fingerprint density at radius 3 is 2.41 bits per heavy atom. The zero-order valence-electron chi connectivity index (χ0n) is 11.1. The maximum Gasteiger partial charge on any atom is 0.225 e. The van der Waals surface area contributed by atoms with Crippen LogP contribution in [-0.4, -0.2) is 44.2 Å². The van der Waals surface area contributed by atoms with Gasteiger partial charge in [-0.1, -0.05) is 13.8 Å². The lowest BCUT2D eigenvalue weighted by Gasteiger charge is -2.32. The van der Waals surface area contributed by atoms with Crippen molar-refractivity contribution in [1.29, 1.82) is 0 Å². The molecule has 0 unspecified atom stereocenters. The number of nitrogens with two attached hydrogens (primary N) is 1. The average molecular weight is 265 g/mol.